The van der Waals surface area contributed by atoms with Crippen LogP contribution >= 0.6 is 0 Å². The van der Waals surface area contributed by atoms with Gasteiger partial charge < -0.3 is 9.47 Å². The van der Waals surface area contributed by atoms with Gasteiger partial charge >= 0.3 is 0 Å². The van der Waals surface area contributed by atoms with Crippen molar-refractivity contribution in [3.63, 3.8) is 0 Å². The van der Waals surface area contributed by atoms with Crippen molar-refractivity contribution < 1.29 is 14.3 Å². The molecule has 0 bridgehead atoms. The zero-order valence-electron chi connectivity index (χ0n) is 12.0. The summed E-state index contributed by atoms with van der Waals surface area (Å²) in [7, 11) is 0. The van der Waals surface area contributed by atoms with Crippen LogP contribution in [-0.2, 0) is 14.3 Å². The third-order valence-corrected chi connectivity index (χ3v) is 5.38. The molecular formula is C16H26O3. The number of ether oxygens (including phenoxy) is 2. The number of hydrogen-bond acceptors (Lipinski definition) is 3. The van der Waals surface area contributed by atoms with E-state index in [0.29, 0.717) is 18.3 Å². The number of carbonyl (C=O) groups excluding carboxylic acids is 1. The molecule has 3 nitrogen and oxygen atoms in total. The molecule has 3 fully saturated rings. The van der Waals surface area contributed by atoms with Crippen LogP contribution < -0.4 is 0 Å². The van der Waals surface area contributed by atoms with Crippen molar-refractivity contribution in [3.8, 4) is 0 Å². The first-order valence-electron chi connectivity index (χ1n) is 7.94. The molecule has 0 N–H and O–H groups in total. The summed E-state index contributed by atoms with van der Waals surface area (Å²) in [4.78, 5) is 12.7. The van der Waals surface area contributed by atoms with E-state index in [2.05, 4.69) is 6.92 Å². The lowest BCUT2D eigenvalue weighted by Crippen LogP contribution is -2.44. The monoisotopic (exact) mass is 266 g/mol. The van der Waals surface area contributed by atoms with Gasteiger partial charge in [-0.3, -0.25) is 4.79 Å². The maximum absolute atomic E-state index is 12.7. The first kappa shape index (κ1) is 13.6. The van der Waals surface area contributed by atoms with Crippen molar-refractivity contribution in [2.75, 3.05) is 19.8 Å². The lowest BCUT2D eigenvalue weighted by atomic mass is 9.74. The Bertz CT molecular complexity index is 325. The van der Waals surface area contributed by atoms with Gasteiger partial charge in [0.25, 0.3) is 0 Å². The molecule has 1 spiro atoms. The van der Waals surface area contributed by atoms with Crippen LogP contribution in [0.1, 0.15) is 51.9 Å². The van der Waals surface area contributed by atoms with Gasteiger partial charge in [-0.2, -0.15) is 0 Å². The first-order chi connectivity index (χ1) is 9.19. The molecule has 0 radical (unpaired) electrons. The Morgan fingerprint density at radius 2 is 1.84 bits per heavy atom. The van der Waals surface area contributed by atoms with E-state index in [1.54, 1.807) is 0 Å². The molecule has 1 aliphatic carbocycles. The minimum absolute atomic E-state index is 0.124. The zero-order chi connectivity index (χ0) is 13.3. The molecule has 0 aromatic heterocycles. The normalized spacial score (nSPS) is 43.5. The average Bonchev–Trinajstić information content (AvgIpc) is 2.87. The summed E-state index contributed by atoms with van der Waals surface area (Å²) in [5.74, 6) is 1.90. The van der Waals surface area contributed by atoms with Gasteiger partial charge in [0.05, 0.1) is 12.2 Å². The standard InChI is InChI=1S/C16H26O3/c1-12-2-4-13(5-3-12)15(17)14-6-8-19-16(10-14)7-9-18-11-16/h12-14H,2-11H2,1H3. The van der Waals surface area contributed by atoms with Gasteiger partial charge in [0.1, 0.15) is 5.78 Å². The van der Waals surface area contributed by atoms with Gasteiger partial charge in [0.15, 0.2) is 0 Å². The van der Waals surface area contributed by atoms with E-state index in [1.807, 2.05) is 0 Å². The van der Waals surface area contributed by atoms with Crippen molar-refractivity contribution >= 4 is 5.78 Å². The van der Waals surface area contributed by atoms with Crippen molar-refractivity contribution in [3.05, 3.63) is 0 Å². The molecule has 2 heterocycles. The molecule has 0 aromatic rings. The molecule has 3 heteroatoms. The summed E-state index contributed by atoms with van der Waals surface area (Å²) in [6, 6.07) is 0. The predicted octanol–water partition coefficient (Wildman–Crippen LogP) is 2.97. The van der Waals surface area contributed by atoms with Crippen LogP contribution in [0.3, 0.4) is 0 Å². The number of carbonyl (C=O) groups is 1. The SMILES string of the molecule is CC1CCC(C(=O)C2CCOC3(CCOC3)C2)CC1. The Hall–Kier alpha value is -0.410. The van der Waals surface area contributed by atoms with Crippen molar-refractivity contribution in [1.29, 1.82) is 0 Å². The predicted molar refractivity (Wildman–Crippen MR) is 73.0 cm³/mol. The van der Waals surface area contributed by atoms with Crippen LogP contribution in [0.25, 0.3) is 0 Å². The Morgan fingerprint density at radius 3 is 2.53 bits per heavy atom. The van der Waals surface area contributed by atoms with Gasteiger partial charge in [0.2, 0.25) is 0 Å². The third-order valence-electron chi connectivity index (χ3n) is 5.38. The van der Waals surface area contributed by atoms with E-state index >= 15 is 0 Å². The van der Waals surface area contributed by atoms with Gasteiger partial charge in [-0.15, -0.1) is 0 Å². The second-order valence-corrected chi connectivity index (χ2v) is 6.88. The van der Waals surface area contributed by atoms with Crippen LogP contribution in [0.4, 0.5) is 0 Å². The second-order valence-electron chi connectivity index (χ2n) is 6.88. The van der Waals surface area contributed by atoms with E-state index in [0.717, 1.165) is 51.2 Å². The molecule has 3 aliphatic rings. The lowest BCUT2D eigenvalue weighted by Gasteiger charge is -2.38. The number of rotatable bonds is 2. The number of Topliss-reactive ketones (excluding diaryl/α,β-unsaturated/α-hetero) is 1. The van der Waals surface area contributed by atoms with Gasteiger partial charge in [0, 0.05) is 31.5 Å². The quantitative estimate of drug-likeness (QED) is 0.771. The van der Waals surface area contributed by atoms with Crippen LogP contribution in [0.15, 0.2) is 0 Å². The maximum atomic E-state index is 12.7. The molecule has 19 heavy (non-hydrogen) atoms. The maximum Gasteiger partial charge on any atom is 0.139 e. The summed E-state index contributed by atoms with van der Waals surface area (Å²) in [5.41, 5.74) is -0.124. The summed E-state index contributed by atoms with van der Waals surface area (Å²) in [6.45, 7) is 4.53. The Balaban J connectivity index is 1.60. The first-order valence-corrected chi connectivity index (χ1v) is 7.94. The zero-order valence-corrected chi connectivity index (χ0v) is 12.0. The Morgan fingerprint density at radius 1 is 1.05 bits per heavy atom. The highest BCUT2D eigenvalue weighted by Gasteiger charge is 2.44. The van der Waals surface area contributed by atoms with E-state index in [-0.39, 0.29) is 11.5 Å². The fourth-order valence-electron chi connectivity index (χ4n) is 4.01. The average molecular weight is 266 g/mol. The van der Waals surface area contributed by atoms with Crippen molar-refractivity contribution in [2.24, 2.45) is 17.8 Å². The molecular weight excluding hydrogens is 240 g/mol. The fraction of sp³-hybridized carbons (Fsp3) is 0.938. The summed E-state index contributed by atoms with van der Waals surface area (Å²) in [5, 5.41) is 0. The van der Waals surface area contributed by atoms with Crippen LogP contribution in [0.2, 0.25) is 0 Å². The third kappa shape index (κ3) is 2.87. The van der Waals surface area contributed by atoms with Crippen molar-refractivity contribution in [2.45, 2.75) is 57.5 Å². The van der Waals surface area contributed by atoms with Crippen LogP contribution in [0, 0.1) is 17.8 Å². The van der Waals surface area contributed by atoms with Crippen LogP contribution in [0.5, 0.6) is 0 Å². The smallest absolute Gasteiger partial charge is 0.139 e. The topological polar surface area (TPSA) is 35.5 Å². The molecule has 1 saturated carbocycles. The largest absolute Gasteiger partial charge is 0.378 e. The number of ketones is 1. The van der Waals surface area contributed by atoms with Crippen molar-refractivity contribution in [1.82, 2.24) is 0 Å². The molecule has 0 aromatic carbocycles. The fourth-order valence-corrected chi connectivity index (χ4v) is 4.01. The van der Waals surface area contributed by atoms with Gasteiger partial charge in [-0.05, 0) is 31.6 Å². The summed E-state index contributed by atoms with van der Waals surface area (Å²) >= 11 is 0. The van der Waals surface area contributed by atoms with Crippen LogP contribution in [-0.4, -0.2) is 31.2 Å². The molecule has 2 atom stereocenters. The van der Waals surface area contributed by atoms with Gasteiger partial charge in [-0.25, -0.2) is 0 Å². The van der Waals surface area contributed by atoms with Gasteiger partial charge in [-0.1, -0.05) is 19.8 Å². The van der Waals surface area contributed by atoms with E-state index in [9.17, 15) is 4.79 Å². The second kappa shape index (κ2) is 5.53. The van der Waals surface area contributed by atoms with E-state index in [4.69, 9.17) is 9.47 Å². The molecule has 2 unspecified atom stereocenters. The highest BCUT2D eigenvalue weighted by atomic mass is 16.6. The Labute approximate surface area is 116 Å². The minimum Gasteiger partial charge on any atom is -0.378 e. The molecule has 0 amide bonds. The number of hydrogen-bond donors (Lipinski definition) is 0. The molecule has 3 rings (SSSR count). The molecule has 2 aliphatic heterocycles. The molecule has 2 saturated heterocycles. The highest BCUT2D eigenvalue weighted by molar-refractivity contribution is 5.83. The lowest BCUT2D eigenvalue weighted by molar-refractivity contribution is -0.141. The summed E-state index contributed by atoms with van der Waals surface area (Å²) in [6.07, 6.45) is 7.48. The highest BCUT2D eigenvalue weighted by Crippen LogP contribution is 2.39. The minimum atomic E-state index is -0.124. The Kier molecular flexibility index (Phi) is 3.95. The summed E-state index contributed by atoms with van der Waals surface area (Å²) < 4.78 is 11.4. The van der Waals surface area contributed by atoms with E-state index < -0.39 is 0 Å². The molecule has 108 valence electrons. The van der Waals surface area contributed by atoms with E-state index in [1.165, 1.54) is 12.8 Å².